The number of pyridine rings is 2. The van der Waals surface area contributed by atoms with Crippen LogP contribution in [0.3, 0.4) is 0 Å². The van der Waals surface area contributed by atoms with E-state index in [0.717, 1.165) is 11.1 Å². The number of hydrogen-bond acceptors (Lipinski definition) is 6. The molecule has 0 saturated carbocycles. The first-order chi connectivity index (χ1) is 16.5. The highest BCUT2D eigenvalue weighted by molar-refractivity contribution is 5.92. The van der Waals surface area contributed by atoms with Crippen molar-refractivity contribution in [2.24, 2.45) is 0 Å². The van der Waals surface area contributed by atoms with E-state index in [1.165, 1.54) is 12.4 Å². The zero-order chi connectivity index (χ0) is 23.9. The van der Waals surface area contributed by atoms with E-state index in [-0.39, 0.29) is 0 Å². The maximum atomic E-state index is 12.7. The summed E-state index contributed by atoms with van der Waals surface area (Å²) in [5.41, 5.74) is 3.41. The zero-order valence-corrected chi connectivity index (χ0v) is 18.9. The number of nitrogens with zero attached hydrogens (tertiary/aromatic N) is 2. The Bertz CT molecular complexity index is 1170. The van der Waals surface area contributed by atoms with Crippen LogP contribution in [0.25, 0.3) is 11.4 Å². The van der Waals surface area contributed by atoms with Crippen molar-refractivity contribution >= 4 is 11.9 Å². The second kappa shape index (κ2) is 10.5. The van der Waals surface area contributed by atoms with Crippen molar-refractivity contribution in [3.8, 4) is 11.4 Å². The van der Waals surface area contributed by atoms with Gasteiger partial charge < -0.3 is 9.47 Å². The topological polar surface area (TPSA) is 78.4 Å². The van der Waals surface area contributed by atoms with E-state index in [9.17, 15) is 9.59 Å². The predicted molar refractivity (Wildman–Crippen MR) is 128 cm³/mol. The van der Waals surface area contributed by atoms with E-state index >= 15 is 0 Å². The third kappa shape index (κ3) is 5.53. The maximum Gasteiger partial charge on any atom is 0.338 e. The Kier molecular flexibility index (Phi) is 7.08. The van der Waals surface area contributed by atoms with Crippen LogP contribution in [0.2, 0.25) is 0 Å². The van der Waals surface area contributed by atoms with Crippen LogP contribution in [0, 0.1) is 0 Å². The highest BCUT2D eigenvalue weighted by Gasteiger charge is 2.17. The molecule has 0 N–H and O–H groups in total. The number of carbonyl (C=O) groups is 2. The fraction of sp³-hybridized carbons (Fsp3) is 0.143. The monoisotopic (exact) mass is 452 g/mol. The van der Waals surface area contributed by atoms with Crippen LogP contribution in [0.4, 0.5) is 0 Å². The Morgan fingerprint density at radius 3 is 1.38 bits per heavy atom. The summed E-state index contributed by atoms with van der Waals surface area (Å²) in [4.78, 5) is 34.0. The first kappa shape index (κ1) is 22.9. The molecule has 4 aromatic rings. The van der Waals surface area contributed by atoms with E-state index in [1.807, 2.05) is 74.5 Å². The lowest BCUT2D eigenvalue weighted by atomic mass is 10.1. The minimum Gasteiger partial charge on any atom is -0.454 e. The van der Waals surface area contributed by atoms with Gasteiger partial charge >= 0.3 is 11.9 Å². The first-order valence-corrected chi connectivity index (χ1v) is 11.0. The molecule has 6 heteroatoms. The van der Waals surface area contributed by atoms with Crippen molar-refractivity contribution in [1.82, 2.24) is 9.97 Å². The van der Waals surface area contributed by atoms with Crippen LogP contribution in [0.5, 0.6) is 0 Å². The van der Waals surface area contributed by atoms with Crippen LogP contribution in [-0.2, 0) is 9.47 Å². The van der Waals surface area contributed by atoms with Crippen molar-refractivity contribution in [3.05, 3.63) is 120 Å². The number of rotatable bonds is 7. The van der Waals surface area contributed by atoms with Crippen molar-refractivity contribution in [1.29, 1.82) is 0 Å². The van der Waals surface area contributed by atoms with Crippen LogP contribution < -0.4 is 0 Å². The third-order valence-corrected chi connectivity index (χ3v) is 5.36. The van der Waals surface area contributed by atoms with Gasteiger partial charge in [-0.1, -0.05) is 60.7 Å². The average Bonchev–Trinajstić information content (AvgIpc) is 2.89. The Morgan fingerprint density at radius 2 is 1.00 bits per heavy atom. The molecule has 2 aromatic carbocycles. The summed E-state index contributed by atoms with van der Waals surface area (Å²) in [6.45, 7) is 3.64. The molecule has 0 aliphatic carbocycles. The van der Waals surface area contributed by atoms with Gasteiger partial charge in [0, 0.05) is 12.4 Å². The minimum absolute atomic E-state index is 0.347. The van der Waals surface area contributed by atoms with Crippen LogP contribution >= 0.6 is 0 Å². The molecule has 6 nitrogen and oxygen atoms in total. The van der Waals surface area contributed by atoms with Crippen molar-refractivity contribution in [2.75, 3.05) is 0 Å². The number of benzene rings is 2. The highest BCUT2D eigenvalue weighted by Crippen LogP contribution is 2.23. The van der Waals surface area contributed by atoms with Gasteiger partial charge in [0.25, 0.3) is 0 Å². The summed E-state index contributed by atoms with van der Waals surface area (Å²) < 4.78 is 11.2. The molecule has 0 radical (unpaired) electrons. The Balaban J connectivity index is 1.48. The van der Waals surface area contributed by atoms with Crippen LogP contribution in [-0.4, -0.2) is 21.9 Å². The molecule has 0 aliphatic heterocycles. The molecule has 2 aromatic heterocycles. The van der Waals surface area contributed by atoms with Gasteiger partial charge in [-0.05, 0) is 49.2 Å². The van der Waals surface area contributed by atoms with Gasteiger partial charge in [0.15, 0.2) is 0 Å². The van der Waals surface area contributed by atoms with E-state index < -0.39 is 24.1 Å². The number of esters is 2. The van der Waals surface area contributed by atoms with E-state index in [2.05, 4.69) is 9.97 Å². The summed E-state index contributed by atoms with van der Waals surface area (Å²) in [6, 6.07) is 25.4. The highest BCUT2D eigenvalue weighted by atomic mass is 16.5. The first-order valence-electron chi connectivity index (χ1n) is 11.0. The van der Waals surface area contributed by atoms with E-state index in [1.54, 1.807) is 24.3 Å². The standard InChI is InChI=1S/C28H24N2O4/c1-19(21-9-5-3-6-10-21)33-27(31)23-13-15-29-25(17-23)26-18-24(14-16-30-26)28(32)34-20(2)22-11-7-4-8-12-22/h3-20H,1-2H3/t19-,20-/m1/s1. The lowest BCUT2D eigenvalue weighted by molar-refractivity contribution is 0.0328. The van der Waals surface area contributed by atoms with Crippen molar-refractivity contribution in [2.45, 2.75) is 26.1 Å². The number of carbonyl (C=O) groups excluding carboxylic acids is 2. The minimum atomic E-state index is -0.466. The molecule has 170 valence electrons. The molecule has 0 fully saturated rings. The predicted octanol–water partition coefficient (Wildman–Crippen LogP) is 5.98. The average molecular weight is 453 g/mol. The molecule has 0 unspecified atom stereocenters. The normalized spacial score (nSPS) is 12.4. The molecule has 2 heterocycles. The molecular formula is C28H24N2O4. The van der Waals surface area contributed by atoms with E-state index in [0.29, 0.717) is 22.5 Å². The molecule has 0 bridgehead atoms. The quantitative estimate of drug-likeness (QED) is 0.321. The fourth-order valence-corrected chi connectivity index (χ4v) is 3.44. The van der Waals surface area contributed by atoms with Crippen LogP contribution in [0.1, 0.15) is 57.9 Å². The van der Waals surface area contributed by atoms with Gasteiger partial charge in [-0.15, -0.1) is 0 Å². The van der Waals surface area contributed by atoms with Gasteiger partial charge in [0.05, 0.1) is 22.5 Å². The van der Waals surface area contributed by atoms with Gasteiger partial charge in [0.2, 0.25) is 0 Å². The summed E-state index contributed by atoms with van der Waals surface area (Å²) >= 11 is 0. The Hall–Kier alpha value is -4.32. The molecule has 34 heavy (non-hydrogen) atoms. The Morgan fingerprint density at radius 1 is 0.618 bits per heavy atom. The summed E-state index contributed by atoms with van der Waals surface area (Å²) in [6.07, 6.45) is 2.24. The lowest BCUT2D eigenvalue weighted by Crippen LogP contribution is -2.10. The summed E-state index contributed by atoms with van der Waals surface area (Å²) in [5.74, 6) is -0.931. The second-order valence-electron chi connectivity index (χ2n) is 7.78. The molecule has 4 rings (SSSR count). The third-order valence-electron chi connectivity index (χ3n) is 5.36. The summed E-state index contributed by atoms with van der Waals surface area (Å²) in [5, 5.41) is 0. The molecular weight excluding hydrogens is 428 g/mol. The molecule has 0 aliphatic rings. The number of aromatic nitrogens is 2. The smallest absolute Gasteiger partial charge is 0.338 e. The molecule has 2 atom stereocenters. The second-order valence-corrected chi connectivity index (χ2v) is 7.78. The zero-order valence-electron chi connectivity index (χ0n) is 18.9. The molecule has 0 saturated heterocycles. The largest absolute Gasteiger partial charge is 0.454 e. The van der Waals surface area contributed by atoms with Gasteiger partial charge in [0.1, 0.15) is 12.2 Å². The fourth-order valence-electron chi connectivity index (χ4n) is 3.44. The number of hydrogen-bond donors (Lipinski definition) is 0. The van der Waals surface area contributed by atoms with Gasteiger partial charge in [-0.3, -0.25) is 9.97 Å². The van der Waals surface area contributed by atoms with Crippen LogP contribution in [0.15, 0.2) is 97.3 Å². The maximum absolute atomic E-state index is 12.7. The lowest BCUT2D eigenvalue weighted by Gasteiger charge is -2.14. The van der Waals surface area contributed by atoms with Gasteiger partial charge in [-0.25, -0.2) is 9.59 Å². The summed E-state index contributed by atoms with van der Waals surface area (Å²) in [7, 11) is 0. The molecule has 0 spiro atoms. The SMILES string of the molecule is C[C@@H](OC(=O)c1ccnc(-c2cc(C(=O)O[C@H](C)c3ccccc3)ccn2)c1)c1ccccc1. The van der Waals surface area contributed by atoms with Crippen molar-refractivity contribution < 1.29 is 19.1 Å². The van der Waals surface area contributed by atoms with Crippen molar-refractivity contribution in [3.63, 3.8) is 0 Å². The Labute approximate surface area is 198 Å². The van der Waals surface area contributed by atoms with Gasteiger partial charge in [-0.2, -0.15) is 0 Å². The molecule has 0 amide bonds. The van der Waals surface area contributed by atoms with E-state index in [4.69, 9.17) is 9.47 Å². The number of ether oxygens (including phenoxy) is 2.